The molecule has 0 saturated heterocycles. The third-order valence-corrected chi connectivity index (χ3v) is 1.74. The fraction of sp³-hybridized carbons (Fsp3) is 0.250. The predicted octanol–water partition coefficient (Wildman–Crippen LogP) is 1.54. The summed E-state index contributed by atoms with van der Waals surface area (Å²) in [6, 6.07) is 1.16. The maximum absolute atomic E-state index is 12.2. The molecule has 1 aromatic carbocycles. The van der Waals surface area contributed by atoms with Gasteiger partial charge in [-0.25, -0.2) is 0 Å². The van der Waals surface area contributed by atoms with E-state index >= 15 is 0 Å². The Hall–Kier alpha value is -1.43. The lowest BCUT2D eigenvalue weighted by Crippen LogP contribution is -2.28. The molecule has 0 aliphatic rings. The Labute approximate surface area is 78.1 Å². The van der Waals surface area contributed by atoms with Crippen molar-refractivity contribution in [3.8, 4) is 5.75 Å². The van der Waals surface area contributed by atoms with Crippen LogP contribution in [0.1, 0.15) is 11.6 Å². The Morgan fingerprint density at radius 3 is 2.36 bits per heavy atom. The molecule has 6 heteroatoms. The lowest BCUT2D eigenvalue weighted by molar-refractivity contribution is -0.149. The molecule has 78 valence electrons. The van der Waals surface area contributed by atoms with Crippen molar-refractivity contribution in [3.05, 3.63) is 23.8 Å². The first-order valence-corrected chi connectivity index (χ1v) is 3.73. The number of nitrogens with two attached hydrogens (primary N) is 2. The number of halogens is 3. The third kappa shape index (κ3) is 2.08. The van der Waals surface area contributed by atoms with Gasteiger partial charge in [0.15, 0.2) is 0 Å². The van der Waals surface area contributed by atoms with E-state index < -0.39 is 23.5 Å². The molecular formula is C8H9F3N2O. The summed E-state index contributed by atoms with van der Waals surface area (Å²) in [6.07, 6.45) is -4.59. The minimum atomic E-state index is -4.59. The molecule has 0 radical (unpaired) electrons. The first-order chi connectivity index (χ1) is 6.32. The smallest absolute Gasteiger partial charge is 0.407 e. The predicted molar refractivity (Wildman–Crippen MR) is 45.5 cm³/mol. The van der Waals surface area contributed by atoms with Crippen LogP contribution in [-0.2, 0) is 0 Å². The number of benzene rings is 1. The maximum atomic E-state index is 12.2. The van der Waals surface area contributed by atoms with E-state index in [0.717, 1.165) is 12.1 Å². The van der Waals surface area contributed by atoms with Gasteiger partial charge in [-0.2, -0.15) is 13.2 Å². The summed E-state index contributed by atoms with van der Waals surface area (Å²) in [4.78, 5) is 0. The summed E-state index contributed by atoms with van der Waals surface area (Å²) in [5.41, 5.74) is 9.88. The number of phenols is 1. The van der Waals surface area contributed by atoms with E-state index in [-0.39, 0.29) is 5.69 Å². The van der Waals surface area contributed by atoms with Gasteiger partial charge < -0.3 is 16.6 Å². The average Bonchev–Trinajstić information content (AvgIpc) is 2.06. The van der Waals surface area contributed by atoms with Crippen molar-refractivity contribution in [3.63, 3.8) is 0 Å². The van der Waals surface area contributed by atoms with Gasteiger partial charge in [-0.1, -0.05) is 0 Å². The van der Waals surface area contributed by atoms with E-state index in [2.05, 4.69) is 0 Å². The second-order valence-electron chi connectivity index (χ2n) is 2.84. The molecule has 0 fully saturated rings. The van der Waals surface area contributed by atoms with Crippen molar-refractivity contribution >= 4 is 5.69 Å². The van der Waals surface area contributed by atoms with Crippen molar-refractivity contribution in [2.24, 2.45) is 5.73 Å². The van der Waals surface area contributed by atoms with E-state index in [9.17, 15) is 13.2 Å². The van der Waals surface area contributed by atoms with Crippen LogP contribution in [0.2, 0.25) is 0 Å². The van der Waals surface area contributed by atoms with Crippen LogP contribution in [0, 0.1) is 0 Å². The normalized spacial score (nSPS) is 14.0. The first kappa shape index (κ1) is 10.6. The SMILES string of the molecule is Nc1ccc(O)c([C@H](N)C(F)(F)F)c1. The fourth-order valence-electron chi connectivity index (χ4n) is 0.998. The van der Waals surface area contributed by atoms with Gasteiger partial charge in [0.25, 0.3) is 0 Å². The Morgan fingerprint density at radius 1 is 1.29 bits per heavy atom. The highest BCUT2D eigenvalue weighted by atomic mass is 19.4. The van der Waals surface area contributed by atoms with Gasteiger partial charge in [-0.3, -0.25) is 0 Å². The van der Waals surface area contributed by atoms with Gasteiger partial charge in [-0.15, -0.1) is 0 Å². The van der Waals surface area contributed by atoms with Gasteiger partial charge in [-0.05, 0) is 18.2 Å². The van der Waals surface area contributed by atoms with Crippen LogP contribution in [-0.4, -0.2) is 11.3 Å². The molecule has 1 rings (SSSR count). The lowest BCUT2D eigenvalue weighted by Gasteiger charge is -2.17. The van der Waals surface area contributed by atoms with Gasteiger partial charge >= 0.3 is 6.18 Å². The van der Waals surface area contributed by atoms with Gasteiger partial charge in [0.2, 0.25) is 0 Å². The zero-order valence-electron chi connectivity index (χ0n) is 7.05. The Morgan fingerprint density at radius 2 is 1.86 bits per heavy atom. The Bertz CT molecular complexity index is 338. The molecule has 0 spiro atoms. The van der Waals surface area contributed by atoms with E-state index in [0.29, 0.717) is 0 Å². The van der Waals surface area contributed by atoms with Crippen LogP contribution in [0.3, 0.4) is 0 Å². The molecule has 0 unspecified atom stereocenters. The second-order valence-corrected chi connectivity index (χ2v) is 2.84. The summed E-state index contributed by atoms with van der Waals surface area (Å²) in [5.74, 6) is -0.510. The zero-order valence-corrected chi connectivity index (χ0v) is 7.05. The van der Waals surface area contributed by atoms with Crippen LogP contribution in [0.5, 0.6) is 5.75 Å². The monoisotopic (exact) mass is 206 g/mol. The summed E-state index contributed by atoms with van der Waals surface area (Å²) < 4.78 is 36.5. The highest BCUT2D eigenvalue weighted by Crippen LogP contribution is 2.35. The maximum Gasteiger partial charge on any atom is 0.407 e. The number of anilines is 1. The number of hydrogen-bond donors (Lipinski definition) is 3. The third-order valence-electron chi connectivity index (χ3n) is 1.74. The van der Waals surface area contributed by atoms with Crippen molar-refractivity contribution in [1.29, 1.82) is 0 Å². The molecule has 1 aromatic rings. The van der Waals surface area contributed by atoms with Crippen molar-refractivity contribution < 1.29 is 18.3 Å². The minimum Gasteiger partial charge on any atom is -0.508 e. The molecule has 0 bridgehead atoms. The van der Waals surface area contributed by atoms with Crippen LogP contribution in [0.15, 0.2) is 18.2 Å². The number of nitrogen functional groups attached to an aromatic ring is 1. The van der Waals surface area contributed by atoms with E-state index in [4.69, 9.17) is 16.6 Å². The van der Waals surface area contributed by atoms with Crippen LogP contribution in [0.25, 0.3) is 0 Å². The highest BCUT2D eigenvalue weighted by Gasteiger charge is 2.39. The van der Waals surface area contributed by atoms with Crippen molar-refractivity contribution in [2.75, 3.05) is 5.73 Å². The molecule has 0 saturated carbocycles. The van der Waals surface area contributed by atoms with E-state index in [1.54, 1.807) is 0 Å². The van der Waals surface area contributed by atoms with Crippen molar-refractivity contribution in [1.82, 2.24) is 0 Å². The zero-order chi connectivity index (χ0) is 10.9. The van der Waals surface area contributed by atoms with Crippen LogP contribution >= 0.6 is 0 Å². The topological polar surface area (TPSA) is 72.3 Å². The Balaban J connectivity index is 3.12. The minimum absolute atomic E-state index is 0.123. The first-order valence-electron chi connectivity index (χ1n) is 3.73. The molecular weight excluding hydrogens is 197 g/mol. The fourth-order valence-corrected chi connectivity index (χ4v) is 0.998. The lowest BCUT2D eigenvalue weighted by atomic mass is 10.1. The molecule has 1 atom stereocenters. The number of alkyl halides is 3. The standard InChI is InChI=1S/C8H9F3N2O/c9-8(10,11)7(13)5-3-4(12)1-2-6(5)14/h1-3,7,14H,12-13H2/t7-/m0/s1. The molecule has 0 aliphatic carbocycles. The largest absolute Gasteiger partial charge is 0.508 e. The molecule has 5 N–H and O–H groups in total. The Kier molecular flexibility index (Phi) is 2.57. The number of rotatable bonds is 1. The van der Waals surface area contributed by atoms with E-state index in [1.165, 1.54) is 6.07 Å². The molecule has 0 aliphatic heterocycles. The van der Waals surface area contributed by atoms with E-state index in [1.807, 2.05) is 0 Å². The second kappa shape index (κ2) is 3.38. The average molecular weight is 206 g/mol. The summed E-state index contributed by atoms with van der Waals surface area (Å²) in [7, 11) is 0. The summed E-state index contributed by atoms with van der Waals surface area (Å²) >= 11 is 0. The van der Waals surface area contributed by atoms with Crippen molar-refractivity contribution in [2.45, 2.75) is 12.2 Å². The molecule has 3 nitrogen and oxygen atoms in total. The summed E-state index contributed by atoms with van der Waals surface area (Å²) in [5, 5.41) is 9.13. The van der Waals surface area contributed by atoms with Gasteiger partial charge in [0, 0.05) is 11.3 Å². The summed E-state index contributed by atoms with van der Waals surface area (Å²) in [6.45, 7) is 0. The molecule has 0 amide bonds. The van der Waals surface area contributed by atoms with Crippen LogP contribution < -0.4 is 11.5 Å². The van der Waals surface area contributed by atoms with Gasteiger partial charge in [0.1, 0.15) is 11.8 Å². The van der Waals surface area contributed by atoms with Gasteiger partial charge in [0.05, 0.1) is 0 Å². The molecule has 0 heterocycles. The molecule has 0 aromatic heterocycles. The number of aromatic hydroxyl groups is 1. The quantitative estimate of drug-likeness (QED) is 0.482. The van der Waals surface area contributed by atoms with Crippen LogP contribution in [0.4, 0.5) is 18.9 Å². The highest BCUT2D eigenvalue weighted by molar-refractivity contribution is 5.48. The molecule has 14 heavy (non-hydrogen) atoms. The number of hydrogen-bond acceptors (Lipinski definition) is 3. The number of phenolic OH excluding ortho intramolecular Hbond substituents is 1.